The second-order valence-electron chi connectivity index (χ2n) is 3.75. The van der Waals surface area contributed by atoms with Crippen LogP contribution in [0.15, 0.2) is 12.5 Å². The van der Waals surface area contributed by atoms with E-state index in [0.717, 1.165) is 32.7 Å². The van der Waals surface area contributed by atoms with Gasteiger partial charge in [-0.3, -0.25) is 0 Å². The third-order valence-corrected chi connectivity index (χ3v) is 2.62. The third-order valence-electron chi connectivity index (χ3n) is 2.62. The van der Waals surface area contributed by atoms with E-state index in [1.54, 1.807) is 0 Å². The molecule has 1 heterocycles. The summed E-state index contributed by atoms with van der Waals surface area (Å²) in [4.78, 5) is 6.49. The minimum Gasteiger partial charge on any atom is -0.332 e. The Bertz CT molecular complexity index is 269. The van der Waals surface area contributed by atoms with E-state index in [4.69, 9.17) is 0 Å². The van der Waals surface area contributed by atoms with Crippen molar-refractivity contribution in [3.05, 3.63) is 18.2 Å². The normalized spacial score (nSPS) is 11.2. The van der Waals surface area contributed by atoms with Crippen LogP contribution in [-0.2, 0) is 13.1 Å². The number of likely N-dealkylation sites (N-methyl/N-ethyl adjacent to an activating group) is 1. The van der Waals surface area contributed by atoms with E-state index in [9.17, 15) is 0 Å². The summed E-state index contributed by atoms with van der Waals surface area (Å²) < 4.78 is 2.22. The zero-order chi connectivity index (χ0) is 11.1. The van der Waals surface area contributed by atoms with Crippen LogP contribution in [0.2, 0.25) is 0 Å². The first-order valence-electron chi connectivity index (χ1n) is 5.66. The first-order valence-corrected chi connectivity index (χ1v) is 5.66. The van der Waals surface area contributed by atoms with E-state index in [1.165, 1.54) is 5.69 Å². The van der Waals surface area contributed by atoms with Gasteiger partial charge in [0.15, 0.2) is 0 Å². The Balaban J connectivity index is 2.42. The molecule has 0 saturated carbocycles. The molecule has 0 bridgehead atoms. The lowest BCUT2D eigenvalue weighted by molar-refractivity contribution is 0.333. The number of rotatable bonds is 7. The van der Waals surface area contributed by atoms with Gasteiger partial charge < -0.3 is 14.8 Å². The third kappa shape index (κ3) is 4.01. The highest BCUT2D eigenvalue weighted by molar-refractivity contribution is 4.97. The average molecular weight is 210 g/mol. The van der Waals surface area contributed by atoms with E-state index >= 15 is 0 Å². The molecule has 0 saturated heterocycles. The zero-order valence-corrected chi connectivity index (χ0v) is 10.0. The summed E-state index contributed by atoms with van der Waals surface area (Å²) >= 11 is 0. The van der Waals surface area contributed by atoms with Crippen LogP contribution >= 0.6 is 0 Å². The molecule has 1 aromatic heterocycles. The van der Waals surface area contributed by atoms with Crippen molar-refractivity contribution >= 4 is 0 Å². The summed E-state index contributed by atoms with van der Waals surface area (Å²) in [5.41, 5.74) is 1.27. The molecule has 0 atom stereocenters. The summed E-state index contributed by atoms with van der Waals surface area (Å²) in [7, 11) is 2.14. The summed E-state index contributed by atoms with van der Waals surface area (Å²) in [5, 5.41) is 3.32. The molecule has 1 rings (SSSR count). The maximum absolute atomic E-state index is 4.18. The number of hydrogen-bond acceptors (Lipinski definition) is 3. The maximum atomic E-state index is 4.18. The van der Waals surface area contributed by atoms with Crippen LogP contribution in [0.5, 0.6) is 0 Å². The molecule has 0 amide bonds. The fraction of sp³-hybridized carbons (Fsp3) is 0.727. The van der Waals surface area contributed by atoms with Gasteiger partial charge in [-0.15, -0.1) is 0 Å². The first kappa shape index (κ1) is 12.2. The minimum absolute atomic E-state index is 0.909. The standard InChI is InChI=1S/C11H22N4/c1-4-12-8-11-9-13-10-15(11)7-6-14(3)5-2/h9-10,12H,4-8H2,1-3H3. The molecular weight excluding hydrogens is 188 g/mol. The topological polar surface area (TPSA) is 33.1 Å². The second kappa shape index (κ2) is 6.58. The van der Waals surface area contributed by atoms with Crippen LogP contribution in [0.25, 0.3) is 0 Å². The largest absolute Gasteiger partial charge is 0.332 e. The minimum atomic E-state index is 0.909. The lowest BCUT2D eigenvalue weighted by Gasteiger charge is -2.15. The average Bonchev–Trinajstić information content (AvgIpc) is 2.70. The van der Waals surface area contributed by atoms with E-state index < -0.39 is 0 Å². The molecule has 0 unspecified atom stereocenters. The lowest BCUT2D eigenvalue weighted by Crippen LogP contribution is -2.24. The van der Waals surface area contributed by atoms with Gasteiger partial charge in [-0.05, 0) is 20.1 Å². The lowest BCUT2D eigenvalue weighted by atomic mass is 10.4. The summed E-state index contributed by atoms with van der Waals surface area (Å²) in [6, 6.07) is 0. The van der Waals surface area contributed by atoms with Gasteiger partial charge in [0, 0.05) is 25.8 Å². The van der Waals surface area contributed by atoms with Crippen LogP contribution in [0.1, 0.15) is 19.5 Å². The van der Waals surface area contributed by atoms with E-state index in [2.05, 4.69) is 40.7 Å². The Labute approximate surface area is 92.3 Å². The van der Waals surface area contributed by atoms with E-state index in [0.29, 0.717) is 0 Å². The SMILES string of the molecule is CCNCc1cncn1CCN(C)CC. The summed E-state index contributed by atoms with van der Waals surface area (Å²) in [6.07, 6.45) is 3.85. The van der Waals surface area contributed by atoms with Crippen molar-refractivity contribution in [2.24, 2.45) is 0 Å². The number of hydrogen-bond donors (Lipinski definition) is 1. The number of nitrogens with one attached hydrogen (secondary N) is 1. The van der Waals surface area contributed by atoms with Crippen molar-refractivity contribution in [1.82, 2.24) is 19.8 Å². The van der Waals surface area contributed by atoms with Crippen LogP contribution in [0, 0.1) is 0 Å². The molecule has 4 nitrogen and oxygen atoms in total. The van der Waals surface area contributed by atoms with Gasteiger partial charge >= 0.3 is 0 Å². The van der Waals surface area contributed by atoms with E-state index in [-0.39, 0.29) is 0 Å². The molecule has 0 aliphatic carbocycles. The molecule has 4 heteroatoms. The van der Waals surface area contributed by atoms with Crippen molar-refractivity contribution in [2.45, 2.75) is 26.9 Å². The maximum Gasteiger partial charge on any atom is 0.0949 e. The van der Waals surface area contributed by atoms with Gasteiger partial charge in [0.25, 0.3) is 0 Å². The summed E-state index contributed by atoms with van der Waals surface area (Å²) in [5.74, 6) is 0. The predicted octanol–water partition coefficient (Wildman–Crippen LogP) is 0.944. The van der Waals surface area contributed by atoms with Gasteiger partial charge in [0.2, 0.25) is 0 Å². The second-order valence-corrected chi connectivity index (χ2v) is 3.75. The molecule has 1 aromatic rings. The Morgan fingerprint density at radius 1 is 1.47 bits per heavy atom. The van der Waals surface area contributed by atoms with Crippen LogP contribution in [-0.4, -0.2) is 41.1 Å². The van der Waals surface area contributed by atoms with Gasteiger partial charge in [-0.1, -0.05) is 13.8 Å². The van der Waals surface area contributed by atoms with Gasteiger partial charge in [-0.25, -0.2) is 4.98 Å². The molecule has 0 aliphatic heterocycles. The molecule has 1 N–H and O–H groups in total. The predicted molar refractivity (Wildman–Crippen MR) is 62.8 cm³/mol. The van der Waals surface area contributed by atoms with Crippen LogP contribution in [0.3, 0.4) is 0 Å². The van der Waals surface area contributed by atoms with E-state index in [1.807, 2.05) is 12.5 Å². The van der Waals surface area contributed by atoms with Gasteiger partial charge in [-0.2, -0.15) is 0 Å². The fourth-order valence-corrected chi connectivity index (χ4v) is 1.39. The van der Waals surface area contributed by atoms with Crippen LogP contribution < -0.4 is 5.32 Å². The van der Waals surface area contributed by atoms with Gasteiger partial charge in [0.05, 0.1) is 12.0 Å². The molecule has 15 heavy (non-hydrogen) atoms. The van der Waals surface area contributed by atoms with Crippen LogP contribution in [0.4, 0.5) is 0 Å². The number of nitrogens with zero attached hydrogens (tertiary/aromatic N) is 3. The monoisotopic (exact) mass is 210 g/mol. The highest BCUT2D eigenvalue weighted by atomic mass is 15.1. The Hall–Kier alpha value is -0.870. The Morgan fingerprint density at radius 2 is 2.27 bits per heavy atom. The first-order chi connectivity index (χ1) is 7.27. The van der Waals surface area contributed by atoms with Crippen molar-refractivity contribution in [1.29, 1.82) is 0 Å². The molecule has 0 aromatic carbocycles. The van der Waals surface area contributed by atoms with Crippen molar-refractivity contribution in [2.75, 3.05) is 26.7 Å². The highest BCUT2D eigenvalue weighted by Gasteiger charge is 2.01. The Kier molecular flexibility index (Phi) is 5.36. The molecule has 0 aliphatic rings. The van der Waals surface area contributed by atoms with Crippen molar-refractivity contribution in [3.8, 4) is 0 Å². The number of imidazole rings is 1. The molecule has 86 valence electrons. The Morgan fingerprint density at radius 3 is 2.93 bits per heavy atom. The van der Waals surface area contributed by atoms with Gasteiger partial charge in [0.1, 0.15) is 0 Å². The zero-order valence-electron chi connectivity index (χ0n) is 10.0. The quantitative estimate of drug-likeness (QED) is 0.727. The molecule has 0 radical (unpaired) electrons. The highest BCUT2D eigenvalue weighted by Crippen LogP contribution is 1.99. The number of aromatic nitrogens is 2. The van der Waals surface area contributed by atoms with Crippen molar-refractivity contribution < 1.29 is 0 Å². The van der Waals surface area contributed by atoms with Crippen molar-refractivity contribution in [3.63, 3.8) is 0 Å². The fourth-order valence-electron chi connectivity index (χ4n) is 1.39. The molecular formula is C11H22N4. The summed E-state index contributed by atoms with van der Waals surface area (Å²) in [6.45, 7) is 9.39. The smallest absolute Gasteiger partial charge is 0.0949 e. The molecule has 0 fully saturated rings. The molecule has 0 spiro atoms.